The summed E-state index contributed by atoms with van der Waals surface area (Å²) in [5.41, 5.74) is 5.39. The monoisotopic (exact) mass is 435 g/mol. The Balaban J connectivity index is 1.42. The summed E-state index contributed by atoms with van der Waals surface area (Å²) in [7, 11) is 0. The van der Waals surface area contributed by atoms with Crippen LogP contribution in [0.2, 0.25) is 0 Å². The molecular weight excluding hydrogens is 414 g/mol. The number of nitrogens with one attached hydrogen (secondary N) is 1. The molecule has 2 aromatic carbocycles. The summed E-state index contributed by atoms with van der Waals surface area (Å²) < 4.78 is 2.07. The maximum absolute atomic E-state index is 12.4. The summed E-state index contributed by atoms with van der Waals surface area (Å²) in [5, 5.41) is 13.1. The number of aryl methyl sites for hydroxylation is 3. The Hall–Kier alpha value is -2.97. The zero-order chi connectivity index (χ0) is 21.1. The first kappa shape index (κ1) is 20.3. The number of hydrogen-bond donors (Lipinski definition) is 1. The minimum Gasteiger partial charge on any atom is -0.320 e. The molecule has 1 N–H and O–H groups in total. The number of rotatable bonds is 6. The van der Waals surface area contributed by atoms with Crippen LogP contribution in [-0.2, 0) is 5.75 Å². The molecular formula is C22H21N5OS2. The summed E-state index contributed by atoms with van der Waals surface area (Å²) in [4.78, 5) is 16.9. The quantitative estimate of drug-likeness (QED) is 0.422. The molecule has 2 heterocycles. The number of amides is 1. The van der Waals surface area contributed by atoms with Crippen molar-refractivity contribution in [1.82, 2.24) is 19.7 Å². The minimum absolute atomic E-state index is 0.246. The Labute approximate surface area is 183 Å². The number of carbonyl (C=O) groups excluding carboxylic acids is 1. The van der Waals surface area contributed by atoms with Crippen LogP contribution in [0.3, 0.4) is 0 Å². The van der Waals surface area contributed by atoms with Crippen LogP contribution < -0.4 is 5.32 Å². The van der Waals surface area contributed by atoms with Gasteiger partial charge < -0.3 is 5.32 Å². The molecule has 0 aliphatic rings. The average molecular weight is 436 g/mol. The Morgan fingerprint density at radius 1 is 1.03 bits per heavy atom. The van der Waals surface area contributed by atoms with Crippen molar-refractivity contribution in [3.63, 3.8) is 0 Å². The molecule has 0 saturated heterocycles. The van der Waals surface area contributed by atoms with Crippen LogP contribution in [0, 0.1) is 20.8 Å². The van der Waals surface area contributed by atoms with Crippen molar-refractivity contribution in [2.24, 2.45) is 0 Å². The van der Waals surface area contributed by atoms with Crippen molar-refractivity contribution in [3.05, 3.63) is 81.6 Å². The first-order chi connectivity index (χ1) is 14.5. The lowest BCUT2D eigenvalue weighted by atomic mass is 10.1. The molecule has 4 aromatic rings. The number of hydrogen-bond acceptors (Lipinski definition) is 6. The standard InChI is InChI=1S/C22H21N5OS2/c1-14-4-6-17(7-5-14)24-20(28)21-26-25-19(30-21)13-29-22-23-8-9-27(22)18-11-15(2)10-16(3)12-18/h4-12H,13H2,1-3H3,(H,24,28). The van der Waals surface area contributed by atoms with Crippen molar-refractivity contribution in [2.45, 2.75) is 31.7 Å². The number of carbonyl (C=O) groups is 1. The maximum Gasteiger partial charge on any atom is 0.286 e. The summed E-state index contributed by atoms with van der Waals surface area (Å²) in [5.74, 6) is 0.349. The van der Waals surface area contributed by atoms with E-state index < -0.39 is 0 Å². The van der Waals surface area contributed by atoms with Gasteiger partial charge in [0.25, 0.3) is 5.91 Å². The van der Waals surface area contributed by atoms with E-state index in [0.29, 0.717) is 10.8 Å². The predicted molar refractivity (Wildman–Crippen MR) is 122 cm³/mol. The highest BCUT2D eigenvalue weighted by Gasteiger charge is 2.14. The summed E-state index contributed by atoms with van der Waals surface area (Å²) >= 11 is 2.87. The first-order valence-corrected chi connectivity index (χ1v) is 11.2. The SMILES string of the molecule is Cc1ccc(NC(=O)c2nnc(CSc3nccn3-c3cc(C)cc(C)c3)s2)cc1. The van der Waals surface area contributed by atoms with Gasteiger partial charge in [0.2, 0.25) is 5.01 Å². The van der Waals surface area contributed by atoms with E-state index in [2.05, 4.69) is 57.1 Å². The fraction of sp³-hybridized carbons (Fsp3) is 0.182. The van der Waals surface area contributed by atoms with Gasteiger partial charge >= 0.3 is 0 Å². The van der Waals surface area contributed by atoms with Crippen molar-refractivity contribution in [1.29, 1.82) is 0 Å². The van der Waals surface area contributed by atoms with Gasteiger partial charge in [-0.2, -0.15) is 0 Å². The third-order valence-electron chi connectivity index (χ3n) is 4.39. The van der Waals surface area contributed by atoms with Crippen molar-refractivity contribution < 1.29 is 4.79 Å². The van der Waals surface area contributed by atoms with E-state index in [1.807, 2.05) is 37.4 Å². The zero-order valence-electron chi connectivity index (χ0n) is 16.9. The van der Waals surface area contributed by atoms with E-state index >= 15 is 0 Å². The van der Waals surface area contributed by atoms with Gasteiger partial charge in [0.05, 0.1) is 5.75 Å². The molecule has 4 rings (SSSR count). The molecule has 0 unspecified atom stereocenters. The van der Waals surface area contributed by atoms with Gasteiger partial charge in [-0.25, -0.2) is 4.98 Å². The molecule has 0 spiro atoms. The highest BCUT2D eigenvalue weighted by atomic mass is 32.2. The number of benzene rings is 2. The zero-order valence-corrected chi connectivity index (χ0v) is 18.5. The van der Waals surface area contributed by atoms with Crippen LogP contribution >= 0.6 is 23.1 Å². The van der Waals surface area contributed by atoms with Crippen LogP contribution in [0.25, 0.3) is 5.69 Å². The van der Waals surface area contributed by atoms with Crippen LogP contribution in [0.1, 0.15) is 31.5 Å². The number of imidazole rings is 1. The minimum atomic E-state index is -0.246. The molecule has 0 saturated carbocycles. The summed E-state index contributed by atoms with van der Waals surface area (Å²) in [6.07, 6.45) is 3.75. The van der Waals surface area contributed by atoms with Gasteiger partial charge in [0, 0.05) is 23.8 Å². The number of thioether (sulfide) groups is 1. The molecule has 0 bridgehead atoms. The molecule has 2 aromatic heterocycles. The van der Waals surface area contributed by atoms with E-state index in [4.69, 9.17) is 0 Å². The van der Waals surface area contributed by atoms with Crippen molar-refractivity contribution in [2.75, 3.05) is 5.32 Å². The van der Waals surface area contributed by atoms with Gasteiger partial charge in [0.15, 0.2) is 5.16 Å². The third-order valence-corrected chi connectivity index (χ3v) is 6.47. The Kier molecular flexibility index (Phi) is 5.96. The molecule has 0 fully saturated rings. The van der Waals surface area contributed by atoms with Gasteiger partial charge in [-0.15, -0.1) is 10.2 Å². The second-order valence-electron chi connectivity index (χ2n) is 7.04. The molecule has 8 heteroatoms. The molecule has 0 atom stereocenters. The van der Waals surface area contributed by atoms with Gasteiger partial charge in [-0.1, -0.05) is 46.9 Å². The number of aromatic nitrogens is 4. The Morgan fingerprint density at radius 3 is 2.50 bits per heavy atom. The number of anilines is 1. The van der Waals surface area contributed by atoms with Crippen molar-refractivity contribution in [3.8, 4) is 5.69 Å². The van der Waals surface area contributed by atoms with Crippen LogP contribution in [0.4, 0.5) is 5.69 Å². The molecule has 1 amide bonds. The average Bonchev–Trinajstić information content (AvgIpc) is 3.37. The summed E-state index contributed by atoms with van der Waals surface area (Å²) in [6.45, 7) is 6.18. The third kappa shape index (κ3) is 4.77. The van der Waals surface area contributed by atoms with E-state index in [9.17, 15) is 4.79 Å². The van der Waals surface area contributed by atoms with E-state index in [-0.39, 0.29) is 5.91 Å². The topological polar surface area (TPSA) is 72.7 Å². The second-order valence-corrected chi connectivity index (χ2v) is 9.04. The highest BCUT2D eigenvalue weighted by Crippen LogP contribution is 2.26. The van der Waals surface area contributed by atoms with E-state index in [1.54, 1.807) is 18.0 Å². The maximum atomic E-state index is 12.4. The molecule has 0 aliphatic heterocycles. The predicted octanol–water partition coefficient (Wildman–Crippen LogP) is 5.19. The van der Waals surface area contributed by atoms with E-state index in [0.717, 1.165) is 27.1 Å². The molecule has 0 aliphatic carbocycles. The van der Waals surface area contributed by atoms with Crippen LogP contribution in [-0.4, -0.2) is 25.7 Å². The van der Waals surface area contributed by atoms with Gasteiger partial charge in [-0.3, -0.25) is 9.36 Å². The second kappa shape index (κ2) is 8.81. The highest BCUT2D eigenvalue weighted by molar-refractivity contribution is 7.98. The number of nitrogens with zero attached hydrogens (tertiary/aromatic N) is 4. The van der Waals surface area contributed by atoms with Crippen molar-refractivity contribution >= 4 is 34.7 Å². The van der Waals surface area contributed by atoms with Gasteiger partial charge in [0.1, 0.15) is 5.01 Å². The molecule has 152 valence electrons. The Bertz CT molecular complexity index is 1160. The molecule has 0 radical (unpaired) electrons. The van der Waals surface area contributed by atoms with Gasteiger partial charge in [-0.05, 0) is 56.2 Å². The fourth-order valence-corrected chi connectivity index (χ4v) is 4.73. The lowest BCUT2D eigenvalue weighted by molar-refractivity contribution is 0.102. The lowest BCUT2D eigenvalue weighted by Crippen LogP contribution is -2.11. The lowest BCUT2D eigenvalue weighted by Gasteiger charge is -2.09. The van der Waals surface area contributed by atoms with E-state index in [1.165, 1.54) is 22.5 Å². The molecule has 30 heavy (non-hydrogen) atoms. The smallest absolute Gasteiger partial charge is 0.286 e. The first-order valence-electron chi connectivity index (χ1n) is 9.43. The fourth-order valence-electron chi connectivity index (χ4n) is 3.03. The summed E-state index contributed by atoms with van der Waals surface area (Å²) in [6, 6.07) is 14.1. The normalized spacial score (nSPS) is 10.9. The molecule has 6 nitrogen and oxygen atoms in total. The van der Waals surface area contributed by atoms with Crippen LogP contribution in [0.15, 0.2) is 60.0 Å². The Morgan fingerprint density at radius 2 is 1.77 bits per heavy atom. The largest absolute Gasteiger partial charge is 0.320 e. The van der Waals surface area contributed by atoms with Crippen LogP contribution in [0.5, 0.6) is 0 Å².